The largest absolute Gasteiger partial charge is 0.389 e. The molecular formula is C17H18N4O2. The third-order valence-corrected chi connectivity index (χ3v) is 3.28. The number of aliphatic hydroxyl groups is 1. The molecule has 1 atom stereocenters. The summed E-state index contributed by atoms with van der Waals surface area (Å²) < 4.78 is 5.51. The van der Waals surface area contributed by atoms with Gasteiger partial charge in [-0.2, -0.15) is 4.80 Å². The first-order chi connectivity index (χ1) is 11.3. The van der Waals surface area contributed by atoms with Gasteiger partial charge in [0.25, 0.3) is 0 Å². The molecule has 0 saturated heterocycles. The summed E-state index contributed by atoms with van der Waals surface area (Å²) in [5, 5.41) is 22.2. The summed E-state index contributed by atoms with van der Waals surface area (Å²) in [7, 11) is 0. The molecule has 0 radical (unpaired) electrons. The number of rotatable bonds is 7. The predicted octanol–water partition coefficient (Wildman–Crippen LogP) is 1.92. The van der Waals surface area contributed by atoms with Crippen LogP contribution in [0, 0.1) is 0 Å². The molecule has 1 heterocycles. The van der Waals surface area contributed by atoms with Crippen molar-refractivity contribution in [1.29, 1.82) is 0 Å². The van der Waals surface area contributed by atoms with Gasteiger partial charge in [0.2, 0.25) is 5.82 Å². The number of aliphatic hydroxyl groups excluding tert-OH is 1. The summed E-state index contributed by atoms with van der Waals surface area (Å²) >= 11 is 0. The van der Waals surface area contributed by atoms with Gasteiger partial charge >= 0.3 is 0 Å². The van der Waals surface area contributed by atoms with E-state index in [1.165, 1.54) is 4.80 Å². The lowest BCUT2D eigenvalue weighted by Gasteiger charge is -2.10. The molecule has 0 aliphatic carbocycles. The molecule has 118 valence electrons. The average Bonchev–Trinajstić information content (AvgIpc) is 3.05. The van der Waals surface area contributed by atoms with Gasteiger partial charge in [-0.1, -0.05) is 60.7 Å². The number of nitrogens with zero attached hydrogens (tertiary/aromatic N) is 4. The van der Waals surface area contributed by atoms with Crippen molar-refractivity contribution in [1.82, 2.24) is 20.2 Å². The van der Waals surface area contributed by atoms with Crippen LogP contribution >= 0.6 is 0 Å². The maximum Gasteiger partial charge on any atom is 0.204 e. The fourth-order valence-electron chi connectivity index (χ4n) is 2.15. The lowest BCUT2D eigenvalue weighted by Crippen LogP contribution is -2.23. The van der Waals surface area contributed by atoms with Gasteiger partial charge in [0.1, 0.15) is 0 Å². The molecule has 3 aromatic rings. The van der Waals surface area contributed by atoms with Crippen LogP contribution in [0.1, 0.15) is 5.56 Å². The van der Waals surface area contributed by atoms with E-state index in [9.17, 15) is 5.11 Å². The maximum atomic E-state index is 10.0. The molecule has 6 heteroatoms. The van der Waals surface area contributed by atoms with E-state index in [-0.39, 0.29) is 13.2 Å². The van der Waals surface area contributed by atoms with Crippen molar-refractivity contribution in [2.24, 2.45) is 0 Å². The molecule has 0 fully saturated rings. The van der Waals surface area contributed by atoms with Gasteiger partial charge < -0.3 is 9.84 Å². The zero-order valence-electron chi connectivity index (χ0n) is 12.6. The van der Waals surface area contributed by atoms with Crippen LogP contribution in [0.2, 0.25) is 0 Å². The van der Waals surface area contributed by atoms with E-state index >= 15 is 0 Å². The Morgan fingerprint density at radius 1 is 1.00 bits per heavy atom. The minimum absolute atomic E-state index is 0.219. The number of aromatic nitrogens is 4. The molecule has 0 bridgehead atoms. The fourth-order valence-corrected chi connectivity index (χ4v) is 2.15. The number of ether oxygens (including phenoxy) is 1. The molecule has 1 N–H and O–H groups in total. The fraction of sp³-hybridized carbons (Fsp3) is 0.235. The maximum absolute atomic E-state index is 10.0. The molecule has 0 spiro atoms. The van der Waals surface area contributed by atoms with E-state index in [1.54, 1.807) is 0 Å². The van der Waals surface area contributed by atoms with Crippen LogP contribution < -0.4 is 0 Å². The molecule has 23 heavy (non-hydrogen) atoms. The summed E-state index contributed by atoms with van der Waals surface area (Å²) in [5.74, 6) is 0.544. The van der Waals surface area contributed by atoms with Crippen LogP contribution in [0.5, 0.6) is 0 Å². The molecule has 1 aromatic heterocycles. The second-order valence-electron chi connectivity index (χ2n) is 5.19. The standard InChI is InChI=1S/C17H18N4O2/c22-16(13-23-12-14-7-3-1-4-8-14)11-21-19-17(18-20-21)15-9-5-2-6-10-15/h1-10,16,22H,11-13H2/t16-/m0/s1. The van der Waals surface area contributed by atoms with Crippen LogP contribution in [0.3, 0.4) is 0 Å². The second-order valence-corrected chi connectivity index (χ2v) is 5.19. The van der Waals surface area contributed by atoms with Crippen molar-refractivity contribution >= 4 is 0 Å². The van der Waals surface area contributed by atoms with E-state index in [0.717, 1.165) is 11.1 Å². The molecule has 6 nitrogen and oxygen atoms in total. The third-order valence-electron chi connectivity index (χ3n) is 3.28. The van der Waals surface area contributed by atoms with E-state index in [1.807, 2.05) is 60.7 Å². The average molecular weight is 310 g/mol. The molecule has 0 unspecified atom stereocenters. The van der Waals surface area contributed by atoms with Crippen molar-refractivity contribution in [2.45, 2.75) is 19.3 Å². The van der Waals surface area contributed by atoms with Crippen LogP contribution in [0.15, 0.2) is 60.7 Å². The summed E-state index contributed by atoms with van der Waals surface area (Å²) in [6.07, 6.45) is -0.684. The van der Waals surface area contributed by atoms with Crippen LogP contribution in [0.25, 0.3) is 11.4 Å². The molecule has 0 amide bonds. The highest BCUT2D eigenvalue weighted by Crippen LogP contribution is 2.11. The lowest BCUT2D eigenvalue weighted by molar-refractivity contribution is 0.0165. The Kier molecular flexibility index (Phi) is 5.08. The first-order valence-electron chi connectivity index (χ1n) is 7.44. The molecule has 0 aliphatic rings. The first-order valence-corrected chi connectivity index (χ1v) is 7.44. The van der Waals surface area contributed by atoms with Crippen molar-refractivity contribution in [2.75, 3.05) is 6.61 Å². The van der Waals surface area contributed by atoms with E-state index < -0.39 is 6.10 Å². The number of benzene rings is 2. The van der Waals surface area contributed by atoms with Gasteiger partial charge in [-0.3, -0.25) is 0 Å². The van der Waals surface area contributed by atoms with Crippen LogP contribution in [-0.2, 0) is 17.9 Å². The Labute approximate surface area is 134 Å². The Bertz CT molecular complexity index is 716. The molecule has 0 saturated carbocycles. The van der Waals surface area contributed by atoms with E-state index in [2.05, 4.69) is 15.4 Å². The minimum Gasteiger partial charge on any atom is -0.389 e. The van der Waals surface area contributed by atoms with Gasteiger partial charge in [-0.25, -0.2) is 0 Å². The molecular weight excluding hydrogens is 292 g/mol. The summed E-state index contributed by atoms with van der Waals surface area (Å²) in [4.78, 5) is 1.39. The SMILES string of the molecule is O[C@H](COCc1ccccc1)Cn1nnc(-c2ccccc2)n1. The van der Waals surface area contributed by atoms with Crippen molar-refractivity contribution < 1.29 is 9.84 Å². The zero-order valence-corrected chi connectivity index (χ0v) is 12.6. The Morgan fingerprint density at radius 2 is 1.70 bits per heavy atom. The topological polar surface area (TPSA) is 73.1 Å². The molecule has 2 aromatic carbocycles. The van der Waals surface area contributed by atoms with Crippen molar-refractivity contribution in [3.8, 4) is 11.4 Å². The smallest absolute Gasteiger partial charge is 0.204 e. The van der Waals surface area contributed by atoms with Gasteiger partial charge in [-0.05, 0) is 10.8 Å². The summed E-state index contributed by atoms with van der Waals surface area (Å²) in [6, 6.07) is 19.4. The Hall–Kier alpha value is -2.57. The van der Waals surface area contributed by atoms with Gasteiger partial charge in [0, 0.05) is 5.56 Å². The number of tetrazole rings is 1. The quantitative estimate of drug-likeness (QED) is 0.722. The number of hydrogen-bond acceptors (Lipinski definition) is 5. The Morgan fingerprint density at radius 3 is 2.43 bits per heavy atom. The normalized spacial score (nSPS) is 12.2. The van der Waals surface area contributed by atoms with E-state index in [0.29, 0.717) is 12.4 Å². The van der Waals surface area contributed by atoms with Crippen molar-refractivity contribution in [3.63, 3.8) is 0 Å². The zero-order chi connectivity index (χ0) is 15.9. The monoisotopic (exact) mass is 310 g/mol. The van der Waals surface area contributed by atoms with Gasteiger partial charge in [-0.15, -0.1) is 10.2 Å². The predicted molar refractivity (Wildman–Crippen MR) is 85.4 cm³/mol. The molecule has 0 aliphatic heterocycles. The van der Waals surface area contributed by atoms with Gasteiger partial charge in [0.15, 0.2) is 0 Å². The number of hydrogen-bond donors (Lipinski definition) is 1. The molecule has 3 rings (SSSR count). The highest BCUT2D eigenvalue weighted by Gasteiger charge is 2.10. The van der Waals surface area contributed by atoms with Crippen LogP contribution in [0.4, 0.5) is 0 Å². The third kappa shape index (κ3) is 4.45. The van der Waals surface area contributed by atoms with Crippen LogP contribution in [-0.4, -0.2) is 38.0 Å². The second kappa shape index (κ2) is 7.62. The Balaban J connectivity index is 1.48. The summed E-state index contributed by atoms with van der Waals surface area (Å²) in [6.45, 7) is 0.934. The highest BCUT2D eigenvalue weighted by atomic mass is 16.5. The van der Waals surface area contributed by atoms with E-state index in [4.69, 9.17) is 4.74 Å². The highest BCUT2D eigenvalue weighted by molar-refractivity contribution is 5.52. The first kappa shape index (κ1) is 15.3. The lowest BCUT2D eigenvalue weighted by atomic mass is 10.2. The van der Waals surface area contributed by atoms with Crippen molar-refractivity contribution in [3.05, 3.63) is 66.2 Å². The summed E-state index contributed by atoms with van der Waals surface area (Å²) in [5.41, 5.74) is 1.97. The van der Waals surface area contributed by atoms with Gasteiger partial charge in [0.05, 0.1) is 25.9 Å². The minimum atomic E-state index is -0.684.